The maximum absolute atomic E-state index is 9.72. The van der Waals surface area contributed by atoms with Crippen LogP contribution >= 0.6 is 31.9 Å². The van der Waals surface area contributed by atoms with E-state index in [0.29, 0.717) is 11.2 Å². The second-order valence-electron chi connectivity index (χ2n) is 1.15. The SMILES string of the molecule is O=CCC(Br)CBr. The fraction of sp³-hybridized carbons (Fsp3) is 0.750. The van der Waals surface area contributed by atoms with E-state index in [9.17, 15) is 4.79 Å². The van der Waals surface area contributed by atoms with Gasteiger partial charge in [-0.25, -0.2) is 0 Å². The summed E-state index contributed by atoms with van der Waals surface area (Å²) in [4.78, 5) is 10.0. The molecule has 0 aromatic heterocycles. The maximum atomic E-state index is 9.72. The van der Waals surface area contributed by atoms with Crippen LogP contribution in [0.2, 0.25) is 0 Å². The van der Waals surface area contributed by atoms with Crippen molar-refractivity contribution in [3.63, 3.8) is 0 Å². The molecule has 0 saturated carbocycles. The fourth-order valence-electron chi connectivity index (χ4n) is 0.167. The maximum Gasteiger partial charge on any atom is 0.121 e. The Bertz CT molecular complexity index is 55.7. The minimum atomic E-state index is 0.310. The van der Waals surface area contributed by atoms with Gasteiger partial charge in [-0.15, -0.1) is 0 Å². The van der Waals surface area contributed by atoms with Gasteiger partial charge in [0.25, 0.3) is 0 Å². The Kier molecular flexibility index (Phi) is 5.21. The van der Waals surface area contributed by atoms with Crippen molar-refractivity contribution in [2.45, 2.75) is 11.2 Å². The monoisotopic (exact) mass is 228 g/mol. The lowest BCUT2D eigenvalue weighted by Crippen LogP contribution is -1.97. The summed E-state index contributed by atoms with van der Waals surface area (Å²) in [5, 5.41) is 0.839. The molecule has 0 radical (unpaired) electrons. The standard InChI is InChI=1S/C4H6Br2O/c5-3-4(6)1-2-7/h2,4H,1,3H2. The largest absolute Gasteiger partial charge is 0.303 e. The van der Waals surface area contributed by atoms with Gasteiger partial charge in [0.2, 0.25) is 0 Å². The first kappa shape index (κ1) is 7.63. The summed E-state index contributed by atoms with van der Waals surface area (Å²) < 4.78 is 0. The second-order valence-corrected chi connectivity index (χ2v) is 3.10. The molecule has 0 aliphatic carbocycles. The van der Waals surface area contributed by atoms with Crippen molar-refractivity contribution >= 4 is 38.1 Å². The van der Waals surface area contributed by atoms with Gasteiger partial charge in [0.05, 0.1) is 0 Å². The smallest absolute Gasteiger partial charge is 0.121 e. The van der Waals surface area contributed by atoms with Crippen LogP contribution in [0.3, 0.4) is 0 Å². The summed E-state index contributed by atoms with van der Waals surface area (Å²) in [7, 11) is 0. The third-order valence-electron chi connectivity index (χ3n) is 0.519. The van der Waals surface area contributed by atoms with Crippen LogP contribution in [0.25, 0.3) is 0 Å². The van der Waals surface area contributed by atoms with Crippen LogP contribution in [0.15, 0.2) is 0 Å². The number of carbonyl (C=O) groups excluding carboxylic acids is 1. The molecule has 1 nitrogen and oxygen atoms in total. The first-order valence-corrected chi connectivity index (χ1v) is 3.98. The van der Waals surface area contributed by atoms with Crippen molar-refractivity contribution in [3.05, 3.63) is 0 Å². The lowest BCUT2D eigenvalue weighted by Gasteiger charge is -1.94. The van der Waals surface area contributed by atoms with E-state index in [-0.39, 0.29) is 0 Å². The van der Waals surface area contributed by atoms with Crippen LogP contribution in [0, 0.1) is 0 Å². The molecule has 0 N–H and O–H groups in total. The number of aldehydes is 1. The zero-order valence-corrected chi connectivity index (χ0v) is 6.91. The summed E-state index contributed by atoms with van der Waals surface area (Å²) >= 11 is 6.47. The minimum absolute atomic E-state index is 0.310. The van der Waals surface area contributed by atoms with Gasteiger partial charge < -0.3 is 4.79 Å². The van der Waals surface area contributed by atoms with Gasteiger partial charge in [0, 0.05) is 16.6 Å². The molecule has 3 heteroatoms. The van der Waals surface area contributed by atoms with Gasteiger partial charge in [-0.2, -0.15) is 0 Å². The molecule has 0 aliphatic heterocycles. The van der Waals surface area contributed by atoms with E-state index in [2.05, 4.69) is 31.9 Å². The normalized spacial score (nSPS) is 13.4. The van der Waals surface area contributed by atoms with Gasteiger partial charge in [-0.05, 0) is 0 Å². The molecule has 42 valence electrons. The Labute approximate surface area is 59.7 Å². The van der Waals surface area contributed by atoms with E-state index >= 15 is 0 Å². The summed E-state index contributed by atoms with van der Waals surface area (Å²) in [5.74, 6) is 0. The first-order valence-electron chi connectivity index (χ1n) is 1.95. The minimum Gasteiger partial charge on any atom is -0.303 e. The summed E-state index contributed by atoms with van der Waals surface area (Å²) in [6.45, 7) is 0. The van der Waals surface area contributed by atoms with Crippen molar-refractivity contribution in [1.29, 1.82) is 0 Å². The number of rotatable bonds is 3. The van der Waals surface area contributed by atoms with E-state index in [1.54, 1.807) is 0 Å². The number of halogens is 2. The fourth-order valence-corrected chi connectivity index (χ4v) is 0.584. The Balaban J connectivity index is 2.98. The van der Waals surface area contributed by atoms with E-state index in [4.69, 9.17) is 0 Å². The van der Waals surface area contributed by atoms with Crippen LogP contribution in [0.4, 0.5) is 0 Å². The number of hydrogen-bond acceptors (Lipinski definition) is 1. The van der Waals surface area contributed by atoms with Crippen LogP contribution < -0.4 is 0 Å². The van der Waals surface area contributed by atoms with Crippen molar-refractivity contribution in [1.82, 2.24) is 0 Å². The zero-order chi connectivity index (χ0) is 5.70. The Hall–Kier alpha value is 0.630. The molecule has 0 bridgehead atoms. The van der Waals surface area contributed by atoms with Crippen LogP contribution in [0.1, 0.15) is 6.42 Å². The summed E-state index contributed by atoms with van der Waals surface area (Å²) in [6, 6.07) is 0. The Morgan fingerprint density at radius 2 is 2.29 bits per heavy atom. The van der Waals surface area contributed by atoms with Crippen molar-refractivity contribution in [2.75, 3.05) is 5.33 Å². The van der Waals surface area contributed by atoms with Crippen LogP contribution in [-0.4, -0.2) is 16.4 Å². The van der Waals surface area contributed by atoms with Gasteiger partial charge in [-0.3, -0.25) is 0 Å². The molecule has 0 rings (SSSR count). The molecular formula is C4H6Br2O. The molecule has 1 unspecified atom stereocenters. The highest BCUT2D eigenvalue weighted by atomic mass is 79.9. The average Bonchev–Trinajstić information content (AvgIpc) is 1.68. The molecule has 0 aliphatic rings. The van der Waals surface area contributed by atoms with Crippen LogP contribution in [-0.2, 0) is 4.79 Å². The zero-order valence-electron chi connectivity index (χ0n) is 3.73. The summed E-state index contributed by atoms with van der Waals surface area (Å²) in [6.07, 6.45) is 1.49. The van der Waals surface area contributed by atoms with Crippen molar-refractivity contribution < 1.29 is 4.79 Å². The molecule has 0 saturated heterocycles. The van der Waals surface area contributed by atoms with E-state index in [1.807, 2.05) is 0 Å². The van der Waals surface area contributed by atoms with Crippen molar-refractivity contribution in [2.24, 2.45) is 0 Å². The molecule has 0 spiro atoms. The summed E-state index contributed by atoms with van der Waals surface area (Å²) in [5.41, 5.74) is 0. The van der Waals surface area contributed by atoms with Gasteiger partial charge in [0.15, 0.2) is 0 Å². The highest BCUT2D eigenvalue weighted by Crippen LogP contribution is 2.05. The van der Waals surface area contributed by atoms with E-state index in [1.165, 1.54) is 0 Å². The van der Waals surface area contributed by atoms with Gasteiger partial charge in [-0.1, -0.05) is 31.9 Å². The molecule has 7 heavy (non-hydrogen) atoms. The van der Waals surface area contributed by atoms with Gasteiger partial charge >= 0.3 is 0 Å². The quantitative estimate of drug-likeness (QED) is 0.532. The van der Waals surface area contributed by atoms with Crippen LogP contribution in [0.5, 0.6) is 0 Å². The third kappa shape index (κ3) is 4.48. The molecule has 1 atom stereocenters. The predicted molar refractivity (Wildman–Crippen MR) is 37.2 cm³/mol. The Morgan fingerprint density at radius 3 is 2.43 bits per heavy atom. The molecular weight excluding hydrogens is 224 g/mol. The number of hydrogen-bond donors (Lipinski definition) is 0. The molecule has 0 aromatic rings. The van der Waals surface area contributed by atoms with Gasteiger partial charge in [0.1, 0.15) is 6.29 Å². The number of alkyl halides is 2. The van der Waals surface area contributed by atoms with E-state index in [0.717, 1.165) is 11.6 Å². The lowest BCUT2D eigenvalue weighted by atomic mass is 10.4. The molecule has 0 aromatic carbocycles. The first-order chi connectivity index (χ1) is 3.31. The Morgan fingerprint density at radius 1 is 1.71 bits per heavy atom. The third-order valence-corrected chi connectivity index (χ3v) is 2.87. The molecule has 0 fully saturated rings. The number of carbonyl (C=O) groups is 1. The second kappa shape index (κ2) is 4.78. The highest BCUT2D eigenvalue weighted by Gasteiger charge is 1.96. The average molecular weight is 230 g/mol. The van der Waals surface area contributed by atoms with Crippen molar-refractivity contribution in [3.8, 4) is 0 Å². The predicted octanol–water partition coefficient (Wildman–Crippen LogP) is 1.73. The lowest BCUT2D eigenvalue weighted by molar-refractivity contribution is -0.107. The molecule has 0 amide bonds. The van der Waals surface area contributed by atoms with E-state index < -0.39 is 0 Å². The topological polar surface area (TPSA) is 17.1 Å². The molecule has 0 heterocycles. The highest BCUT2D eigenvalue weighted by molar-refractivity contribution is 9.12.